The first-order valence-electron chi connectivity index (χ1n) is 8.55. The standard InChI is InChI=1S/C19H23ClN2O2S/c1-14-6-10-16(11-7-14)21-18-4-2-3-5-19(18)22-25(23,24)17-12-8-15(20)9-13-17/h6-13,18-19,21-22H,2-5H2,1H3/t18-,19-/m1/s1. The Morgan fingerprint density at radius 3 is 2.16 bits per heavy atom. The summed E-state index contributed by atoms with van der Waals surface area (Å²) in [6.45, 7) is 2.05. The molecule has 3 rings (SSSR count). The van der Waals surface area contributed by atoms with E-state index in [1.165, 1.54) is 17.7 Å². The summed E-state index contributed by atoms with van der Waals surface area (Å²) in [4.78, 5) is 0.247. The molecule has 1 saturated carbocycles. The smallest absolute Gasteiger partial charge is 0.240 e. The zero-order chi connectivity index (χ0) is 17.9. The minimum Gasteiger partial charge on any atom is -0.381 e. The van der Waals surface area contributed by atoms with Crippen LogP contribution in [0.15, 0.2) is 53.4 Å². The monoisotopic (exact) mass is 378 g/mol. The lowest BCUT2D eigenvalue weighted by molar-refractivity contribution is 0.378. The lowest BCUT2D eigenvalue weighted by atomic mass is 9.91. The predicted molar refractivity (Wildman–Crippen MR) is 103 cm³/mol. The van der Waals surface area contributed by atoms with Gasteiger partial charge in [0, 0.05) is 22.8 Å². The summed E-state index contributed by atoms with van der Waals surface area (Å²) in [5, 5.41) is 4.02. The van der Waals surface area contributed by atoms with Gasteiger partial charge < -0.3 is 5.32 Å². The van der Waals surface area contributed by atoms with Crippen molar-refractivity contribution in [2.24, 2.45) is 0 Å². The normalized spacial score (nSPS) is 21.0. The molecule has 1 aliphatic rings. The van der Waals surface area contributed by atoms with Crippen LogP contribution in [0.2, 0.25) is 5.02 Å². The topological polar surface area (TPSA) is 58.2 Å². The fraction of sp³-hybridized carbons (Fsp3) is 0.368. The molecule has 6 heteroatoms. The number of anilines is 1. The van der Waals surface area contributed by atoms with Crippen molar-refractivity contribution in [1.29, 1.82) is 0 Å². The van der Waals surface area contributed by atoms with Gasteiger partial charge >= 0.3 is 0 Å². The Hall–Kier alpha value is -1.56. The van der Waals surface area contributed by atoms with Crippen molar-refractivity contribution in [3.8, 4) is 0 Å². The Balaban J connectivity index is 1.74. The molecule has 2 atom stereocenters. The summed E-state index contributed by atoms with van der Waals surface area (Å²) < 4.78 is 28.2. The van der Waals surface area contributed by atoms with Gasteiger partial charge in [-0.25, -0.2) is 13.1 Å². The van der Waals surface area contributed by atoms with Crippen LogP contribution in [-0.2, 0) is 10.0 Å². The highest BCUT2D eigenvalue weighted by molar-refractivity contribution is 7.89. The molecule has 1 fully saturated rings. The fourth-order valence-electron chi connectivity index (χ4n) is 3.19. The summed E-state index contributed by atoms with van der Waals surface area (Å²) in [6.07, 6.45) is 3.90. The molecule has 1 aliphatic carbocycles. The third-order valence-corrected chi connectivity index (χ3v) is 6.36. The summed E-state index contributed by atoms with van der Waals surface area (Å²) in [6, 6.07) is 14.4. The van der Waals surface area contributed by atoms with Gasteiger partial charge in [0.25, 0.3) is 0 Å². The Kier molecular flexibility index (Phi) is 5.67. The van der Waals surface area contributed by atoms with Gasteiger partial charge in [-0.1, -0.05) is 42.1 Å². The number of benzene rings is 2. The lowest BCUT2D eigenvalue weighted by Crippen LogP contribution is -2.48. The van der Waals surface area contributed by atoms with Crippen LogP contribution in [0.5, 0.6) is 0 Å². The Bertz CT molecular complexity index is 804. The molecule has 0 unspecified atom stereocenters. The average Bonchev–Trinajstić information content (AvgIpc) is 2.59. The van der Waals surface area contributed by atoms with Crippen molar-refractivity contribution in [2.75, 3.05) is 5.32 Å². The number of nitrogens with one attached hydrogen (secondary N) is 2. The summed E-state index contributed by atoms with van der Waals surface area (Å²) in [5.41, 5.74) is 2.22. The van der Waals surface area contributed by atoms with E-state index >= 15 is 0 Å². The van der Waals surface area contributed by atoms with Gasteiger partial charge in [0.2, 0.25) is 10.0 Å². The number of aryl methyl sites for hydroxylation is 1. The molecule has 2 aromatic carbocycles. The van der Waals surface area contributed by atoms with E-state index in [-0.39, 0.29) is 17.0 Å². The average molecular weight is 379 g/mol. The van der Waals surface area contributed by atoms with Crippen LogP contribution in [0.3, 0.4) is 0 Å². The van der Waals surface area contributed by atoms with E-state index in [0.29, 0.717) is 5.02 Å². The fourth-order valence-corrected chi connectivity index (χ4v) is 4.63. The summed E-state index contributed by atoms with van der Waals surface area (Å²) >= 11 is 5.85. The first-order chi connectivity index (χ1) is 11.9. The number of halogens is 1. The maximum Gasteiger partial charge on any atom is 0.240 e. The molecule has 4 nitrogen and oxygen atoms in total. The second-order valence-corrected chi connectivity index (χ2v) is 8.73. The van der Waals surface area contributed by atoms with Crippen molar-refractivity contribution in [2.45, 2.75) is 49.6 Å². The van der Waals surface area contributed by atoms with Crippen LogP contribution in [0.4, 0.5) is 5.69 Å². The molecule has 0 bridgehead atoms. The van der Waals surface area contributed by atoms with Crippen molar-refractivity contribution in [3.05, 3.63) is 59.1 Å². The van der Waals surface area contributed by atoms with Crippen molar-refractivity contribution >= 4 is 27.3 Å². The Morgan fingerprint density at radius 2 is 1.52 bits per heavy atom. The molecule has 0 radical (unpaired) electrons. The molecule has 0 spiro atoms. The maximum absolute atomic E-state index is 12.7. The zero-order valence-corrected chi connectivity index (χ0v) is 15.8. The van der Waals surface area contributed by atoms with Gasteiger partial charge in [-0.3, -0.25) is 0 Å². The van der Waals surface area contributed by atoms with Crippen molar-refractivity contribution < 1.29 is 8.42 Å². The SMILES string of the molecule is Cc1ccc(N[C@@H]2CCCC[C@H]2NS(=O)(=O)c2ccc(Cl)cc2)cc1. The number of sulfonamides is 1. The van der Waals surface area contributed by atoms with Crippen molar-refractivity contribution in [3.63, 3.8) is 0 Å². The van der Waals surface area contributed by atoms with Crippen LogP contribution in [0, 0.1) is 6.92 Å². The van der Waals surface area contributed by atoms with Crippen LogP contribution in [0.25, 0.3) is 0 Å². The van der Waals surface area contributed by atoms with E-state index < -0.39 is 10.0 Å². The molecule has 0 amide bonds. The van der Waals surface area contributed by atoms with E-state index in [0.717, 1.165) is 31.4 Å². The molecular weight excluding hydrogens is 356 g/mol. The van der Waals surface area contributed by atoms with Crippen LogP contribution < -0.4 is 10.0 Å². The third-order valence-electron chi connectivity index (χ3n) is 4.60. The highest BCUT2D eigenvalue weighted by Crippen LogP contribution is 2.24. The van der Waals surface area contributed by atoms with Crippen LogP contribution >= 0.6 is 11.6 Å². The highest BCUT2D eigenvalue weighted by Gasteiger charge is 2.29. The third kappa shape index (κ3) is 4.75. The van der Waals surface area contributed by atoms with E-state index in [2.05, 4.69) is 22.2 Å². The van der Waals surface area contributed by atoms with Gasteiger partial charge in [0.05, 0.1) is 4.90 Å². The number of hydrogen-bond acceptors (Lipinski definition) is 3. The van der Waals surface area contributed by atoms with Crippen LogP contribution in [-0.4, -0.2) is 20.5 Å². The predicted octanol–water partition coefficient (Wildman–Crippen LogP) is 4.35. The summed E-state index contributed by atoms with van der Waals surface area (Å²) in [5.74, 6) is 0. The first-order valence-corrected chi connectivity index (χ1v) is 10.4. The van der Waals surface area contributed by atoms with Gasteiger partial charge in [-0.05, 0) is 56.2 Å². The summed E-state index contributed by atoms with van der Waals surface area (Å²) in [7, 11) is -3.56. The van der Waals surface area contributed by atoms with Gasteiger partial charge in [0.15, 0.2) is 0 Å². The van der Waals surface area contributed by atoms with E-state index in [1.807, 2.05) is 19.1 Å². The maximum atomic E-state index is 12.7. The minimum atomic E-state index is -3.56. The Labute approximate surface area is 154 Å². The molecular formula is C19H23ClN2O2S. The largest absolute Gasteiger partial charge is 0.381 e. The molecule has 0 aliphatic heterocycles. The van der Waals surface area contributed by atoms with Gasteiger partial charge in [-0.15, -0.1) is 0 Å². The Morgan fingerprint density at radius 1 is 0.920 bits per heavy atom. The quantitative estimate of drug-likeness (QED) is 0.813. The lowest BCUT2D eigenvalue weighted by Gasteiger charge is -2.33. The minimum absolute atomic E-state index is 0.0820. The van der Waals surface area contributed by atoms with Gasteiger partial charge in [-0.2, -0.15) is 0 Å². The molecule has 25 heavy (non-hydrogen) atoms. The number of hydrogen-bond donors (Lipinski definition) is 2. The van der Waals surface area contributed by atoms with Crippen molar-refractivity contribution in [1.82, 2.24) is 4.72 Å². The van der Waals surface area contributed by atoms with Crippen LogP contribution in [0.1, 0.15) is 31.2 Å². The van der Waals surface area contributed by atoms with Gasteiger partial charge in [0.1, 0.15) is 0 Å². The number of rotatable bonds is 5. The molecule has 134 valence electrons. The molecule has 2 N–H and O–H groups in total. The first kappa shape index (κ1) is 18.2. The molecule has 0 saturated heterocycles. The second kappa shape index (κ2) is 7.77. The molecule has 0 aromatic heterocycles. The second-order valence-electron chi connectivity index (χ2n) is 6.58. The highest BCUT2D eigenvalue weighted by atomic mass is 35.5. The van der Waals surface area contributed by atoms with E-state index in [1.54, 1.807) is 12.1 Å². The van der Waals surface area contributed by atoms with E-state index in [4.69, 9.17) is 11.6 Å². The van der Waals surface area contributed by atoms with E-state index in [9.17, 15) is 8.42 Å². The molecule has 2 aromatic rings. The molecule has 0 heterocycles. The zero-order valence-electron chi connectivity index (χ0n) is 14.2.